The third-order valence-electron chi connectivity index (χ3n) is 3.58. The molecule has 24 heavy (non-hydrogen) atoms. The van der Waals surface area contributed by atoms with Crippen molar-refractivity contribution in [1.82, 2.24) is 10.6 Å². The Labute approximate surface area is 146 Å². The third kappa shape index (κ3) is 3.42. The molecule has 0 aromatic heterocycles. The van der Waals surface area contributed by atoms with Gasteiger partial charge in [-0.25, -0.2) is 0 Å². The molecule has 1 aromatic rings. The number of hydrogen-bond acceptors (Lipinski definition) is 4. The third-order valence-corrected chi connectivity index (χ3v) is 4.05. The molecule has 0 aliphatic carbocycles. The van der Waals surface area contributed by atoms with Gasteiger partial charge in [0.25, 0.3) is 5.72 Å². The summed E-state index contributed by atoms with van der Waals surface area (Å²) in [5.41, 5.74) is -3.27. The Balaban J connectivity index is 2.55. The van der Waals surface area contributed by atoms with Gasteiger partial charge in [-0.1, -0.05) is 23.7 Å². The van der Waals surface area contributed by atoms with Crippen LogP contribution in [0.4, 0.5) is 13.2 Å². The summed E-state index contributed by atoms with van der Waals surface area (Å²) < 4.78 is 45.2. The molecule has 0 spiro atoms. The van der Waals surface area contributed by atoms with Crippen molar-refractivity contribution in [2.75, 3.05) is 6.61 Å². The van der Waals surface area contributed by atoms with Gasteiger partial charge in [-0.15, -0.1) is 0 Å². The molecule has 0 unspecified atom stereocenters. The van der Waals surface area contributed by atoms with Gasteiger partial charge >= 0.3 is 12.1 Å². The van der Waals surface area contributed by atoms with E-state index in [0.29, 0.717) is 10.6 Å². The first kappa shape index (κ1) is 18.8. The van der Waals surface area contributed by atoms with Crippen molar-refractivity contribution in [2.24, 2.45) is 5.92 Å². The first-order valence-corrected chi connectivity index (χ1v) is 7.68. The SMILES string of the molecule is CCOC(=O)[C@@H]1[C@@H](c2ccc(Cl)cc2)NC(=S)N[C@]1(O)C(F)(F)F. The zero-order chi connectivity index (χ0) is 18.1. The molecule has 5 nitrogen and oxygen atoms in total. The zero-order valence-corrected chi connectivity index (χ0v) is 13.9. The Hall–Kier alpha value is -1.58. The van der Waals surface area contributed by atoms with E-state index in [1.807, 2.05) is 0 Å². The molecule has 1 aromatic carbocycles. The molecule has 1 aliphatic heterocycles. The van der Waals surface area contributed by atoms with E-state index in [2.05, 4.69) is 5.32 Å². The van der Waals surface area contributed by atoms with Crippen LogP contribution in [-0.2, 0) is 9.53 Å². The Kier molecular flexibility index (Phi) is 5.26. The van der Waals surface area contributed by atoms with Gasteiger partial charge in [0, 0.05) is 5.02 Å². The lowest BCUT2D eigenvalue weighted by molar-refractivity contribution is -0.292. The van der Waals surface area contributed by atoms with Crippen LogP contribution in [0.5, 0.6) is 0 Å². The molecule has 0 radical (unpaired) electrons. The summed E-state index contributed by atoms with van der Waals surface area (Å²) in [6.07, 6.45) is -5.17. The van der Waals surface area contributed by atoms with E-state index in [1.54, 1.807) is 5.32 Å². The number of benzene rings is 1. The highest BCUT2D eigenvalue weighted by Gasteiger charge is 2.66. The quantitative estimate of drug-likeness (QED) is 0.550. The van der Waals surface area contributed by atoms with Crippen LogP contribution in [0.1, 0.15) is 18.5 Å². The first-order chi connectivity index (χ1) is 11.1. The Morgan fingerprint density at radius 3 is 2.50 bits per heavy atom. The number of nitrogens with one attached hydrogen (secondary N) is 2. The lowest BCUT2D eigenvalue weighted by Gasteiger charge is -2.45. The summed E-state index contributed by atoms with van der Waals surface area (Å²) in [4.78, 5) is 12.2. The molecule has 2 rings (SSSR count). The Bertz CT molecular complexity index is 641. The maximum atomic E-state index is 13.5. The molecule has 0 amide bonds. The van der Waals surface area contributed by atoms with Gasteiger partial charge in [0.05, 0.1) is 12.6 Å². The Morgan fingerprint density at radius 2 is 2.00 bits per heavy atom. The van der Waals surface area contributed by atoms with Crippen LogP contribution in [0.25, 0.3) is 0 Å². The van der Waals surface area contributed by atoms with Crippen LogP contribution in [0.3, 0.4) is 0 Å². The second-order valence-electron chi connectivity index (χ2n) is 5.12. The van der Waals surface area contributed by atoms with Crippen molar-refractivity contribution >= 4 is 34.9 Å². The molecule has 1 saturated heterocycles. The number of halogens is 4. The lowest BCUT2D eigenvalue weighted by atomic mass is 9.82. The number of thiocarbonyl (C=S) groups is 1. The molecule has 10 heteroatoms. The zero-order valence-electron chi connectivity index (χ0n) is 12.4. The minimum atomic E-state index is -5.17. The molecule has 3 atom stereocenters. The fourth-order valence-corrected chi connectivity index (χ4v) is 2.89. The van der Waals surface area contributed by atoms with Crippen molar-refractivity contribution < 1.29 is 27.8 Å². The van der Waals surface area contributed by atoms with Crippen LogP contribution >= 0.6 is 23.8 Å². The summed E-state index contributed by atoms with van der Waals surface area (Å²) in [7, 11) is 0. The second-order valence-corrected chi connectivity index (χ2v) is 5.97. The standard InChI is InChI=1S/C14H14ClF3N2O3S/c1-2-23-11(21)9-10(7-3-5-8(15)6-4-7)19-12(24)20-13(9,22)14(16,17)18/h3-6,9-10,22H,2H2,1H3,(H2,19,20,24)/t9-,10+,13+/m0/s1. The van der Waals surface area contributed by atoms with Crippen molar-refractivity contribution in [3.63, 3.8) is 0 Å². The van der Waals surface area contributed by atoms with E-state index in [1.165, 1.54) is 31.2 Å². The summed E-state index contributed by atoms with van der Waals surface area (Å²) in [6, 6.07) is 4.55. The van der Waals surface area contributed by atoms with Crippen molar-refractivity contribution in [1.29, 1.82) is 0 Å². The van der Waals surface area contributed by atoms with E-state index in [-0.39, 0.29) is 6.61 Å². The van der Waals surface area contributed by atoms with Gasteiger partial charge in [0.2, 0.25) is 0 Å². The molecule has 0 bridgehead atoms. The van der Waals surface area contributed by atoms with Gasteiger partial charge in [-0.05, 0) is 36.8 Å². The van der Waals surface area contributed by atoms with Crippen molar-refractivity contribution in [3.05, 3.63) is 34.9 Å². The van der Waals surface area contributed by atoms with E-state index >= 15 is 0 Å². The molecular weight excluding hydrogens is 369 g/mol. The van der Waals surface area contributed by atoms with Crippen LogP contribution in [0.2, 0.25) is 5.02 Å². The summed E-state index contributed by atoms with van der Waals surface area (Å²) >= 11 is 10.5. The average molecular weight is 383 g/mol. The van der Waals surface area contributed by atoms with Gasteiger partial charge in [-0.3, -0.25) is 4.79 Å². The minimum Gasteiger partial charge on any atom is -0.466 e. The maximum Gasteiger partial charge on any atom is 0.437 e. The van der Waals surface area contributed by atoms with Crippen LogP contribution in [-0.4, -0.2) is 34.7 Å². The number of aliphatic hydroxyl groups is 1. The minimum absolute atomic E-state index is 0.138. The van der Waals surface area contributed by atoms with Crippen molar-refractivity contribution in [2.45, 2.75) is 24.9 Å². The van der Waals surface area contributed by atoms with Gasteiger partial charge < -0.3 is 20.5 Å². The molecule has 3 N–H and O–H groups in total. The smallest absolute Gasteiger partial charge is 0.437 e. The van der Waals surface area contributed by atoms with Gasteiger partial charge in [-0.2, -0.15) is 13.2 Å². The maximum absolute atomic E-state index is 13.5. The first-order valence-electron chi connectivity index (χ1n) is 6.90. The fraction of sp³-hybridized carbons (Fsp3) is 0.429. The van der Waals surface area contributed by atoms with E-state index in [0.717, 1.165) is 0 Å². The highest BCUT2D eigenvalue weighted by atomic mass is 35.5. The van der Waals surface area contributed by atoms with E-state index < -0.39 is 34.9 Å². The molecule has 1 heterocycles. The molecule has 0 saturated carbocycles. The number of hydrogen-bond donors (Lipinski definition) is 3. The topological polar surface area (TPSA) is 70.6 Å². The highest BCUT2D eigenvalue weighted by Crippen LogP contribution is 2.43. The van der Waals surface area contributed by atoms with E-state index in [9.17, 15) is 23.1 Å². The van der Waals surface area contributed by atoms with Crippen molar-refractivity contribution in [3.8, 4) is 0 Å². The monoisotopic (exact) mass is 382 g/mol. The normalized spacial score (nSPS) is 27.2. The number of alkyl halides is 3. The number of carbonyl (C=O) groups excluding carboxylic acids is 1. The largest absolute Gasteiger partial charge is 0.466 e. The number of ether oxygens (including phenoxy) is 1. The number of rotatable bonds is 3. The molecule has 1 fully saturated rings. The second kappa shape index (κ2) is 6.73. The van der Waals surface area contributed by atoms with Crippen LogP contribution in [0.15, 0.2) is 24.3 Å². The van der Waals surface area contributed by atoms with Crippen LogP contribution < -0.4 is 10.6 Å². The molecular formula is C14H14ClF3N2O3S. The molecule has 1 aliphatic rings. The Morgan fingerprint density at radius 1 is 1.42 bits per heavy atom. The lowest BCUT2D eigenvalue weighted by Crippen LogP contribution is -2.73. The van der Waals surface area contributed by atoms with Gasteiger partial charge in [0.1, 0.15) is 5.92 Å². The van der Waals surface area contributed by atoms with E-state index in [4.69, 9.17) is 28.6 Å². The summed E-state index contributed by atoms with van der Waals surface area (Å²) in [6.45, 7) is 1.32. The van der Waals surface area contributed by atoms with Crippen LogP contribution in [0, 0.1) is 5.92 Å². The molecule has 132 valence electrons. The average Bonchev–Trinajstić information content (AvgIpc) is 2.46. The summed E-state index contributed by atoms with van der Waals surface area (Å²) in [5.74, 6) is -3.22. The number of esters is 1. The highest BCUT2D eigenvalue weighted by molar-refractivity contribution is 7.80. The predicted molar refractivity (Wildman–Crippen MR) is 84.2 cm³/mol. The fourth-order valence-electron chi connectivity index (χ4n) is 2.48. The van der Waals surface area contributed by atoms with Gasteiger partial charge in [0.15, 0.2) is 5.11 Å². The number of carbonyl (C=O) groups is 1. The summed E-state index contributed by atoms with van der Waals surface area (Å²) in [5, 5.41) is 14.5. The predicted octanol–water partition coefficient (Wildman–Crippen LogP) is 2.29.